The molecule has 4 nitrogen and oxygen atoms in total. The van der Waals surface area contributed by atoms with Crippen LogP contribution in [0.2, 0.25) is 5.02 Å². The van der Waals surface area contributed by atoms with E-state index in [0.29, 0.717) is 23.9 Å². The highest BCUT2D eigenvalue weighted by molar-refractivity contribution is 6.32. The number of hydrogen-bond donors (Lipinski definition) is 1. The molecule has 0 unspecified atom stereocenters. The first-order valence-corrected chi connectivity index (χ1v) is 6.45. The molecule has 0 radical (unpaired) electrons. The molecule has 100 valence electrons. The van der Waals surface area contributed by atoms with E-state index < -0.39 is 0 Å². The van der Waals surface area contributed by atoms with Crippen LogP contribution in [0.1, 0.15) is 11.3 Å². The predicted molar refractivity (Wildman–Crippen MR) is 76.9 cm³/mol. The molecule has 0 saturated heterocycles. The number of benzene rings is 1. The summed E-state index contributed by atoms with van der Waals surface area (Å²) in [6, 6.07) is 7.43. The van der Waals surface area contributed by atoms with Crippen LogP contribution >= 0.6 is 11.6 Å². The SMILES string of the molecule is Cc1ncnc(NCCOc2ccccc2Cl)c1C. The zero-order valence-corrected chi connectivity index (χ0v) is 11.7. The molecule has 0 fully saturated rings. The minimum atomic E-state index is 0.520. The lowest BCUT2D eigenvalue weighted by atomic mass is 10.2. The van der Waals surface area contributed by atoms with Gasteiger partial charge in [0.25, 0.3) is 0 Å². The first-order valence-electron chi connectivity index (χ1n) is 6.08. The maximum absolute atomic E-state index is 6.00. The van der Waals surface area contributed by atoms with E-state index in [1.54, 1.807) is 6.33 Å². The Morgan fingerprint density at radius 1 is 1.21 bits per heavy atom. The van der Waals surface area contributed by atoms with Gasteiger partial charge in [0.15, 0.2) is 0 Å². The summed E-state index contributed by atoms with van der Waals surface area (Å²) >= 11 is 6.00. The van der Waals surface area contributed by atoms with Gasteiger partial charge in [0.2, 0.25) is 0 Å². The second-order valence-corrected chi connectivity index (χ2v) is 4.55. The van der Waals surface area contributed by atoms with Crippen LogP contribution in [0, 0.1) is 13.8 Å². The molecule has 1 aromatic carbocycles. The Morgan fingerprint density at radius 3 is 2.79 bits per heavy atom. The van der Waals surface area contributed by atoms with Crippen molar-refractivity contribution in [3.63, 3.8) is 0 Å². The van der Waals surface area contributed by atoms with Crippen LogP contribution in [0.15, 0.2) is 30.6 Å². The van der Waals surface area contributed by atoms with E-state index in [4.69, 9.17) is 16.3 Å². The zero-order valence-electron chi connectivity index (χ0n) is 11.0. The first-order chi connectivity index (χ1) is 9.18. The van der Waals surface area contributed by atoms with Gasteiger partial charge in [0.05, 0.1) is 11.6 Å². The molecule has 0 aliphatic carbocycles. The van der Waals surface area contributed by atoms with E-state index >= 15 is 0 Å². The lowest BCUT2D eigenvalue weighted by Crippen LogP contribution is -2.13. The van der Waals surface area contributed by atoms with Crippen LogP contribution in [0.5, 0.6) is 5.75 Å². The van der Waals surface area contributed by atoms with Gasteiger partial charge in [-0.2, -0.15) is 0 Å². The number of nitrogens with zero attached hydrogens (tertiary/aromatic N) is 2. The summed E-state index contributed by atoms with van der Waals surface area (Å²) < 4.78 is 5.59. The molecule has 1 aromatic heterocycles. The average molecular weight is 278 g/mol. The fourth-order valence-electron chi connectivity index (χ4n) is 1.61. The molecule has 19 heavy (non-hydrogen) atoms. The minimum Gasteiger partial charge on any atom is -0.490 e. The second kappa shape index (κ2) is 6.38. The van der Waals surface area contributed by atoms with Crippen LogP contribution in [-0.2, 0) is 0 Å². The number of ether oxygens (including phenoxy) is 1. The fraction of sp³-hybridized carbons (Fsp3) is 0.286. The lowest BCUT2D eigenvalue weighted by molar-refractivity contribution is 0.333. The second-order valence-electron chi connectivity index (χ2n) is 4.14. The third-order valence-corrected chi connectivity index (χ3v) is 3.14. The Balaban J connectivity index is 1.84. The van der Waals surface area contributed by atoms with Crippen molar-refractivity contribution in [2.75, 3.05) is 18.5 Å². The molecule has 0 spiro atoms. The molecule has 1 N–H and O–H groups in total. The maximum Gasteiger partial charge on any atom is 0.137 e. The van der Waals surface area contributed by atoms with Crippen molar-refractivity contribution in [3.8, 4) is 5.75 Å². The molecule has 0 atom stereocenters. The van der Waals surface area contributed by atoms with Gasteiger partial charge >= 0.3 is 0 Å². The van der Waals surface area contributed by atoms with E-state index in [2.05, 4.69) is 15.3 Å². The molecule has 0 amide bonds. The van der Waals surface area contributed by atoms with E-state index in [1.165, 1.54) is 0 Å². The summed E-state index contributed by atoms with van der Waals surface area (Å²) in [7, 11) is 0. The number of rotatable bonds is 5. The quantitative estimate of drug-likeness (QED) is 0.853. The number of halogens is 1. The summed E-state index contributed by atoms with van der Waals surface area (Å²) in [4.78, 5) is 8.32. The Kier molecular flexibility index (Phi) is 4.58. The molecule has 1 heterocycles. The summed E-state index contributed by atoms with van der Waals surface area (Å²) in [5.74, 6) is 1.54. The molecule has 2 rings (SSSR count). The van der Waals surface area contributed by atoms with Crippen molar-refractivity contribution in [3.05, 3.63) is 46.9 Å². The Labute approximate surface area is 117 Å². The van der Waals surface area contributed by atoms with Crippen LogP contribution in [0.3, 0.4) is 0 Å². The zero-order chi connectivity index (χ0) is 13.7. The molecule has 0 aliphatic rings. The smallest absolute Gasteiger partial charge is 0.137 e. The normalized spacial score (nSPS) is 10.3. The third-order valence-electron chi connectivity index (χ3n) is 2.82. The summed E-state index contributed by atoms with van der Waals surface area (Å²) in [6.07, 6.45) is 1.56. The standard InChI is InChI=1S/C14H16ClN3O/c1-10-11(2)17-9-18-14(10)16-7-8-19-13-6-4-3-5-12(13)15/h3-6,9H,7-8H2,1-2H3,(H,16,17,18). The topological polar surface area (TPSA) is 47.0 Å². The van der Waals surface area contributed by atoms with E-state index in [9.17, 15) is 0 Å². The van der Waals surface area contributed by atoms with E-state index in [1.807, 2.05) is 38.1 Å². The monoisotopic (exact) mass is 277 g/mol. The highest BCUT2D eigenvalue weighted by Gasteiger charge is 2.03. The largest absolute Gasteiger partial charge is 0.490 e. The predicted octanol–water partition coefficient (Wildman–Crippen LogP) is 3.24. The summed E-state index contributed by atoms with van der Waals surface area (Å²) in [6.45, 7) is 5.13. The van der Waals surface area contributed by atoms with Crippen molar-refractivity contribution < 1.29 is 4.74 Å². The van der Waals surface area contributed by atoms with Gasteiger partial charge in [-0.1, -0.05) is 23.7 Å². The average Bonchev–Trinajstić information content (AvgIpc) is 2.41. The van der Waals surface area contributed by atoms with Crippen LogP contribution in [0.4, 0.5) is 5.82 Å². The van der Waals surface area contributed by atoms with Gasteiger partial charge in [-0.3, -0.25) is 0 Å². The summed E-state index contributed by atoms with van der Waals surface area (Å²) in [5, 5.41) is 3.85. The van der Waals surface area contributed by atoms with Gasteiger partial charge in [-0.25, -0.2) is 9.97 Å². The molecule has 0 saturated carbocycles. The van der Waals surface area contributed by atoms with E-state index in [-0.39, 0.29) is 0 Å². The van der Waals surface area contributed by atoms with Crippen LogP contribution < -0.4 is 10.1 Å². The Hall–Kier alpha value is -1.81. The van der Waals surface area contributed by atoms with Gasteiger partial charge in [0, 0.05) is 11.3 Å². The maximum atomic E-state index is 6.00. The van der Waals surface area contributed by atoms with Gasteiger partial charge in [-0.15, -0.1) is 0 Å². The molecule has 2 aromatic rings. The van der Waals surface area contributed by atoms with Crippen LogP contribution in [-0.4, -0.2) is 23.1 Å². The fourth-order valence-corrected chi connectivity index (χ4v) is 1.80. The Morgan fingerprint density at radius 2 is 2.00 bits per heavy atom. The van der Waals surface area contributed by atoms with Crippen molar-refractivity contribution in [2.24, 2.45) is 0 Å². The summed E-state index contributed by atoms with van der Waals surface area (Å²) in [5.41, 5.74) is 2.03. The van der Waals surface area contributed by atoms with Gasteiger partial charge in [-0.05, 0) is 26.0 Å². The number of aryl methyl sites for hydroxylation is 1. The number of anilines is 1. The number of para-hydroxylation sites is 1. The number of nitrogens with one attached hydrogen (secondary N) is 1. The molecule has 0 aliphatic heterocycles. The molecule has 0 bridgehead atoms. The highest BCUT2D eigenvalue weighted by atomic mass is 35.5. The van der Waals surface area contributed by atoms with E-state index in [0.717, 1.165) is 17.1 Å². The minimum absolute atomic E-state index is 0.520. The molecular formula is C14H16ClN3O. The van der Waals surface area contributed by atoms with Gasteiger partial charge < -0.3 is 10.1 Å². The molecular weight excluding hydrogens is 262 g/mol. The highest BCUT2D eigenvalue weighted by Crippen LogP contribution is 2.22. The Bertz CT molecular complexity index is 560. The van der Waals surface area contributed by atoms with Crippen molar-refractivity contribution in [1.29, 1.82) is 0 Å². The van der Waals surface area contributed by atoms with Gasteiger partial charge in [0.1, 0.15) is 24.5 Å². The number of hydrogen-bond acceptors (Lipinski definition) is 4. The van der Waals surface area contributed by atoms with Crippen molar-refractivity contribution >= 4 is 17.4 Å². The lowest BCUT2D eigenvalue weighted by Gasteiger charge is -2.11. The third kappa shape index (κ3) is 3.58. The van der Waals surface area contributed by atoms with Crippen LogP contribution in [0.25, 0.3) is 0 Å². The molecule has 5 heteroatoms. The first kappa shape index (κ1) is 13.6. The number of aromatic nitrogens is 2. The van der Waals surface area contributed by atoms with Crippen molar-refractivity contribution in [2.45, 2.75) is 13.8 Å². The van der Waals surface area contributed by atoms with Crippen molar-refractivity contribution in [1.82, 2.24) is 9.97 Å².